The molecule has 0 fully saturated rings. The zero-order valence-electron chi connectivity index (χ0n) is 17.0. The van der Waals surface area contributed by atoms with E-state index >= 15 is 0 Å². The van der Waals surface area contributed by atoms with E-state index in [-0.39, 0.29) is 35.8 Å². The van der Waals surface area contributed by atoms with Crippen molar-refractivity contribution in [2.75, 3.05) is 5.32 Å². The van der Waals surface area contributed by atoms with Gasteiger partial charge >= 0.3 is 0 Å². The fourth-order valence-corrected chi connectivity index (χ4v) is 2.57. The van der Waals surface area contributed by atoms with Crippen molar-refractivity contribution < 1.29 is 18.9 Å². The average Bonchev–Trinajstić information content (AvgIpc) is 3.03. The zero-order chi connectivity index (χ0) is 20.9. The first-order valence-electron chi connectivity index (χ1n) is 9.23. The summed E-state index contributed by atoms with van der Waals surface area (Å²) in [4.78, 5) is 36.4. The molecule has 7 heteroatoms. The Morgan fingerprint density at radius 2 is 1.75 bits per heavy atom. The minimum atomic E-state index is -0.759. The van der Waals surface area contributed by atoms with Gasteiger partial charge in [0.25, 0.3) is 0 Å². The second kappa shape index (κ2) is 8.82. The lowest BCUT2D eigenvalue weighted by Gasteiger charge is -2.19. The minimum Gasteiger partial charge on any atom is -0.360 e. The van der Waals surface area contributed by atoms with E-state index < -0.39 is 11.9 Å². The van der Waals surface area contributed by atoms with Gasteiger partial charge in [0.15, 0.2) is 11.6 Å². The van der Waals surface area contributed by atoms with Crippen LogP contribution in [0.25, 0.3) is 0 Å². The molecule has 0 spiro atoms. The van der Waals surface area contributed by atoms with E-state index in [4.69, 9.17) is 4.52 Å². The van der Waals surface area contributed by atoms with Gasteiger partial charge in [-0.3, -0.25) is 14.4 Å². The highest BCUT2D eigenvalue weighted by Gasteiger charge is 2.18. The van der Waals surface area contributed by atoms with E-state index in [9.17, 15) is 14.4 Å². The van der Waals surface area contributed by atoms with Gasteiger partial charge in [0.05, 0.1) is 0 Å². The summed E-state index contributed by atoms with van der Waals surface area (Å²) in [5.41, 5.74) is 1.74. The molecule has 28 heavy (non-hydrogen) atoms. The number of hydrogen-bond donors (Lipinski definition) is 2. The molecule has 0 saturated carbocycles. The maximum absolute atomic E-state index is 12.3. The van der Waals surface area contributed by atoms with Gasteiger partial charge in [-0.05, 0) is 24.8 Å². The van der Waals surface area contributed by atoms with Crippen LogP contribution in [-0.4, -0.2) is 28.8 Å². The van der Waals surface area contributed by atoms with Gasteiger partial charge in [-0.25, -0.2) is 0 Å². The van der Waals surface area contributed by atoms with Crippen LogP contribution in [0.3, 0.4) is 0 Å². The molecular formula is C21H27N3O4. The van der Waals surface area contributed by atoms with Gasteiger partial charge in [0.1, 0.15) is 11.8 Å². The average molecular weight is 385 g/mol. The first-order chi connectivity index (χ1) is 13.1. The number of rotatable bonds is 7. The largest absolute Gasteiger partial charge is 0.360 e. The number of carbonyl (C=O) groups is 3. The molecule has 0 aliphatic carbocycles. The zero-order valence-corrected chi connectivity index (χ0v) is 17.0. The van der Waals surface area contributed by atoms with Gasteiger partial charge in [0, 0.05) is 24.5 Å². The van der Waals surface area contributed by atoms with Crippen LogP contribution >= 0.6 is 0 Å². The van der Waals surface area contributed by atoms with E-state index in [1.165, 1.54) is 0 Å². The number of anilines is 1. The van der Waals surface area contributed by atoms with Crippen LogP contribution in [0, 0.1) is 6.92 Å². The predicted octanol–water partition coefficient (Wildman–Crippen LogP) is 3.39. The third kappa shape index (κ3) is 6.04. The molecule has 1 aromatic carbocycles. The SMILES string of the molecule is Cc1cc(NC(=O)[C@H](C)NC(=O)CCC(=O)c2ccc(C(C)(C)C)cc2)no1. The number of amides is 2. The third-order valence-corrected chi connectivity index (χ3v) is 4.30. The predicted molar refractivity (Wildman–Crippen MR) is 106 cm³/mol. The van der Waals surface area contributed by atoms with Crippen LogP contribution in [0.4, 0.5) is 5.82 Å². The first kappa shape index (κ1) is 21.3. The molecule has 1 aromatic heterocycles. The molecule has 1 atom stereocenters. The monoisotopic (exact) mass is 385 g/mol. The molecule has 2 rings (SSSR count). The summed E-state index contributed by atoms with van der Waals surface area (Å²) in [5.74, 6) is -0.0197. The number of ketones is 1. The van der Waals surface area contributed by atoms with Crippen LogP contribution in [0.1, 0.15) is 62.2 Å². The van der Waals surface area contributed by atoms with E-state index in [0.717, 1.165) is 5.56 Å². The second-order valence-corrected chi connectivity index (χ2v) is 7.85. The quantitative estimate of drug-likeness (QED) is 0.712. The van der Waals surface area contributed by atoms with Crippen LogP contribution in [-0.2, 0) is 15.0 Å². The van der Waals surface area contributed by atoms with E-state index in [2.05, 4.69) is 36.6 Å². The van der Waals surface area contributed by atoms with Gasteiger partial charge in [-0.1, -0.05) is 50.2 Å². The number of carbonyl (C=O) groups excluding carboxylic acids is 3. The minimum absolute atomic E-state index is 0.0144. The van der Waals surface area contributed by atoms with Crippen LogP contribution in [0.15, 0.2) is 34.9 Å². The van der Waals surface area contributed by atoms with Crippen molar-refractivity contribution in [3.05, 3.63) is 47.2 Å². The highest BCUT2D eigenvalue weighted by atomic mass is 16.5. The van der Waals surface area contributed by atoms with Crippen LogP contribution in [0.5, 0.6) is 0 Å². The summed E-state index contributed by atoms with van der Waals surface area (Å²) in [5, 5.41) is 8.80. The van der Waals surface area contributed by atoms with Crippen molar-refractivity contribution in [2.45, 2.75) is 58.9 Å². The highest BCUT2D eigenvalue weighted by molar-refractivity contribution is 5.99. The standard InChI is InChI=1S/C21H27N3O4/c1-13-12-18(24-28-13)23-20(27)14(2)22-19(26)11-10-17(25)15-6-8-16(9-7-15)21(3,4)5/h6-9,12,14H,10-11H2,1-5H3,(H,22,26)(H,23,24,27)/t14-/m0/s1. The Morgan fingerprint density at radius 3 is 2.29 bits per heavy atom. The van der Waals surface area contributed by atoms with E-state index in [1.807, 2.05) is 12.1 Å². The lowest BCUT2D eigenvalue weighted by atomic mass is 9.86. The maximum atomic E-state index is 12.3. The van der Waals surface area contributed by atoms with Crippen molar-refractivity contribution in [1.82, 2.24) is 10.5 Å². The molecule has 0 radical (unpaired) electrons. The summed E-state index contributed by atoms with van der Waals surface area (Å²) in [6.07, 6.45) is 0.0953. The molecule has 2 amide bonds. The van der Waals surface area contributed by atoms with Crippen molar-refractivity contribution in [2.24, 2.45) is 0 Å². The van der Waals surface area contributed by atoms with Crippen molar-refractivity contribution >= 4 is 23.4 Å². The fourth-order valence-electron chi connectivity index (χ4n) is 2.57. The molecule has 0 saturated heterocycles. The summed E-state index contributed by atoms with van der Waals surface area (Å²) < 4.78 is 4.87. The number of benzene rings is 1. The fraction of sp³-hybridized carbons (Fsp3) is 0.429. The lowest BCUT2D eigenvalue weighted by molar-refractivity contribution is -0.126. The van der Waals surface area contributed by atoms with Crippen molar-refractivity contribution in [1.29, 1.82) is 0 Å². The summed E-state index contributed by atoms with van der Waals surface area (Å²) in [6, 6.07) is 8.27. The Morgan fingerprint density at radius 1 is 1.11 bits per heavy atom. The van der Waals surface area contributed by atoms with Gasteiger partial charge < -0.3 is 15.2 Å². The molecule has 1 heterocycles. The van der Waals surface area contributed by atoms with Gasteiger partial charge in [-0.15, -0.1) is 0 Å². The Bertz CT molecular complexity index is 847. The second-order valence-electron chi connectivity index (χ2n) is 7.85. The van der Waals surface area contributed by atoms with Crippen molar-refractivity contribution in [3.8, 4) is 0 Å². The third-order valence-electron chi connectivity index (χ3n) is 4.30. The Kier molecular flexibility index (Phi) is 6.72. The Hall–Kier alpha value is -2.96. The molecule has 0 aliphatic heterocycles. The van der Waals surface area contributed by atoms with E-state index in [1.54, 1.807) is 32.0 Å². The smallest absolute Gasteiger partial charge is 0.247 e. The van der Waals surface area contributed by atoms with Gasteiger partial charge in [-0.2, -0.15) is 0 Å². The molecular weight excluding hydrogens is 358 g/mol. The molecule has 7 nitrogen and oxygen atoms in total. The number of aryl methyl sites for hydroxylation is 1. The maximum Gasteiger partial charge on any atom is 0.247 e. The summed E-state index contributed by atoms with van der Waals surface area (Å²) in [7, 11) is 0. The number of hydrogen-bond acceptors (Lipinski definition) is 5. The van der Waals surface area contributed by atoms with Crippen molar-refractivity contribution in [3.63, 3.8) is 0 Å². The van der Waals surface area contributed by atoms with Gasteiger partial charge in [0.2, 0.25) is 11.8 Å². The normalized spacial score (nSPS) is 12.3. The molecule has 2 N–H and O–H groups in total. The summed E-state index contributed by atoms with van der Waals surface area (Å²) in [6.45, 7) is 9.59. The highest BCUT2D eigenvalue weighted by Crippen LogP contribution is 2.22. The molecule has 150 valence electrons. The van der Waals surface area contributed by atoms with Crippen LogP contribution in [0.2, 0.25) is 0 Å². The molecule has 0 aliphatic rings. The first-order valence-corrected chi connectivity index (χ1v) is 9.23. The Balaban J connectivity index is 1.81. The number of nitrogens with zero attached hydrogens (tertiary/aromatic N) is 1. The van der Waals surface area contributed by atoms with E-state index in [0.29, 0.717) is 11.3 Å². The number of Topliss-reactive ketones (excluding diaryl/α,β-unsaturated/α-hetero) is 1. The number of aromatic nitrogens is 1. The molecule has 0 bridgehead atoms. The topological polar surface area (TPSA) is 101 Å². The lowest BCUT2D eigenvalue weighted by Crippen LogP contribution is -2.41. The Labute approximate surface area is 164 Å². The molecule has 0 unspecified atom stereocenters. The number of nitrogens with one attached hydrogen (secondary N) is 2. The molecule has 2 aromatic rings. The van der Waals surface area contributed by atoms with Crippen LogP contribution < -0.4 is 10.6 Å². The summed E-state index contributed by atoms with van der Waals surface area (Å²) >= 11 is 0.